The molecule has 0 unspecified atom stereocenters. The first-order chi connectivity index (χ1) is 7.63. The van der Waals surface area contributed by atoms with Crippen molar-refractivity contribution in [3.8, 4) is 11.9 Å². The fourth-order valence-corrected chi connectivity index (χ4v) is 1.09. The molecule has 0 aliphatic rings. The summed E-state index contributed by atoms with van der Waals surface area (Å²) in [6.45, 7) is 4.77. The Labute approximate surface area is 94.8 Å². The van der Waals surface area contributed by atoms with E-state index in [2.05, 4.69) is 19.2 Å². The summed E-state index contributed by atoms with van der Waals surface area (Å²) in [5.41, 5.74) is 0.443. The quantitative estimate of drug-likeness (QED) is 0.620. The molecule has 1 N–H and O–H groups in total. The van der Waals surface area contributed by atoms with Crippen molar-refractivity contribution in [2.24, 2.45) is 5.92 Å². The van der Waals surface area contributed by atoms with Crippen molar-refractivity contribution in [1.82, 2.24) is 5.32 Å². The molecule has 0 aliphatic heterocycles. The molecule has 1 amide bonds. The van der Waals surface area contributed by atoms with Crippen molar-refractivity contribution >= 4 is 5.91 Å². The predicted molar refractivity (Wildman–Crippen MR) is 59.9 cm³/mol. The minimum absolute atomic E-state index is 0.405. The normalized spacial score (nSPS) is 9.62. The highest BCUT2D eigenvalue weighted by molar-refractivity contribution is 5.95. The van der Waals surface area contributed by atoms with E-state index in [9.17, 15) is 4.79 Å². The molecule has 0 saturated carbocycles. The number of ether oxygens (including phenoxy) is 1. The van der Waals surface area contributed by atoms with Crippen molar-refractivity contribution in [2.45, 2.75) is 13.8 Å². The van der Waals surface area contributed by atoms with Gasteiger partial charge in [-0.2, -0.15) is 5.26 Å². The molecule has 1 aromatic rings. The predicted octanol–water partition coefficient (Wildman–Crippen LogP) is 1.93. The molecular weight excluding hydrogens is 204 g/mol. The summed E-state index contributed by atoms with van der Waals surface area (Å²) in [5, 5.41) is 10.3. The maximum atomic E-state index is 11.2. The molecule has 0 aromatic heterocycles. The minimum Gasteiger partial charge on any atom is -0.493 e. The lowest BCUT2D eigenvalue weighted by Gasteiger charge is -2.08. The van der Waals surface area contributed by atoms with Gasteiger partial charge in [0.25, 0.3) is 5.91 Å². The lowest BCUT2D eigenvalue weighted by molar-refractivity contribution is 0.0973. The number of nitrogens with zero attached hydrogens (tertiary/aromatic N) is 1. The Hall–Kier alpha value is -2.02. The molecule has 84 valence electrons. The number of nitriles is 1. The van der Waals surface area contributed by atoms with Crippen LogP contribution in [0.2, 0.25) is 0 Å². The highest BCUT2D eigenvalue weighted by Crippen LogP contribution is 2.13. The molecule has 0 radical (unpaired) electrons. The third-order valence-corrected chi connectivity index (χ3v) is 1.87. The van der Waals surface area contributed by atoms with E-state index in [4.69, 9.17) is 10.00 Å². The summed E-state index contributed by atoms with van der Waals surface area (Å²) in [5.74, 6) is 0.779. The van der Waals surface area contributed by atoms with Crippen LogP contribution in [-0.4, -0.2) is 12.5 Å². The number of benzene rings is 1. The summed E-state index contributed by atoms with van der Waals surface area (Å²) < 4.78 is 5.47. The van der Waals surface area contributed by atoms with Gasteiger partial charge in [0.1, 0.15) is 5.75 Å². The minimum atomic E-state index is -0.405. The third-order valence-electron chi connectivity index (χ3n) is 1.87. The van der Waals surface area contributed by atoms with Gasteiger partial charge in [-0.15, -0.1) is 0 Å². The van der Waals surface area contributed by atoms with E-state index >= 15 is 0 Å². The lowest BCUT2D eigenvalue weighted by Crippen LogP contribution is -2.17. The van der Waals surface area contributed by atoms with Crippen LogP contribution in [0.3, 0.4) is 0 Å². The lowest BCUT2D eigenvalue weighted by atomic mass is 10.2. The summed E-state index contributed by atoms with van der Waals surface area (Å²) >= 11 is 0. The zero-order valence-corrected chi connectivity index (χ0v) is 9.36. The van der Waals surface area contributed by atoms with Crippen LogP contribution in [0.5, 0.6) is 5.75 Å². The first-order valence-corrected chi connectivity index (χ1v) is 5.05. The molecule has 1 aromatic carbocycles. The molecule has 1 rings (SSSR count). The summed E-state index contributed by atoms with van der Waals surface area (Å²) in [6.07, 6.45) is 1.59. The second kappa shape index (κ2) is 5.76. The van der Waals surface area contributed by atoms with E-state index in [-0.39, 0.29) is 0 Å². The molecule has 0 saturated heterocycles. The van der Waals surface area contributed by atoms with E-state index in [0.717, 1.165) is 5.75 Å². The Bertz CT molecular complexity index is 390. The number of amides is 1. The maximum Gasteiger partial charge on any atom is 0.264 e. The number of carbonyl (C=O) groups is 1. The second-order valence-electron chi connectivity index (χ2n) is 3.80. The Morgan fingerprint density at radius 1 is 1.44 bits per heavy atom. The van der Waals surface area contributed by atoms with Crippen LogP contribution in [0.25, 0.3) is 0 Å². The van der Waals surface area contributed by atoms with Crippen LogP contribution < -0.4 is 10.1 Å². The van der Waals surface area contributed by atoms with Crippen LogP contribution in [-0.2, 0) is 0 Å². The number of hydrogen-bond donors (Lipinski definition) is 1. The maximum absolute atomic E-state index is 11.2. The summed E-state index contributed by atoms with van der Waals surface area (Å²) in [6, 6.07) is 6.69. The monoisotopic (exact) mass is 218 g/mol. The second-order valence-corrected chi connectivity index (χ2v) is 3.80. The summed E-state index contributed by atoms with van der Waals surface area (Å²) in [4.78, 5) is 11.2. The molecule has 0 atom stereocenters. The van der Waals surface area contributed by atoms with Crippen LogP contribution in [0.1, 0.15) is 24.2 Å². The topological polar surface area (TPSA) is 62.1 Å². The van der Waals surface area contributed by atoms with E-state index in [1.165, 1.54) is 0 Å². The zero-order chi connectivity index (χ0) is 12.0. The number of carbonyl (C=O) groups excluding carboxylic acids is 1. The van der Waals surface area contributed by atoms with Crippen molar-refractivity contribution in [1.29, 1.82) is 5.26 Å². The van der Waals surface area contributed by atoms with Gasteiger partial charge in [0.15, 0.2) is 6.19 Å². The van der Waals surface area contributed by atoms with Gasteiger partial charge in [-0.1, -0.05) is 13.8 Å². The van der Waals surface area contributed by atoms with Gasteiger partial charge in [0.05, 0.1) is 6.61 Å². The van der Waals surface area contributed by atoms with Crippen molar-refractivity contribution in [3.05, 3.63) is 29.8 Å². The highest BCUT2D eigenvalue weighted by atomic mass is 16.5. The smallest absolute Gasteiger partial charge is 0.264 e. The van der Waals surface area contributed by atoms with Gasteiger partial charge in [0.2, 0.25) is 0 Å². The Balaban J connectivity index is 2.61. The van der Waals surface area contributed by atoms with E-state index in [1.807, 2.05) is 0 Å². The standard InChI is InChI=1S/C12H14N2O2/c1-9(2)7-16-11-5-3-10(4-6-11)12(15)14-8-13/h3-6,9H,7H2,1-2H3,(H,14,15). The Kier molecular flexibility index (Phi) is 4.34. The fourth-order valence-electron chi connectivity index (χ4n) is 1.09. The molecule has 0 aliphatic carbocycles. The van der Waals surface area contributed by atoms with Crippen molar-refractivity contribution in [3.63, 3.8) is 0 Å². The van der Waals surface area contributed by atoms with Gasteiger partial charge in [-0.3, -0.25) is 10.1 Å². The molecule has 4 heteroatoms. The summed E-state index contributed by atoms with van der Waals surface area (Å²) in [7, 11) is 0. The zero-order valence-electron chi connectivity index (χ0n) is 9.36. The first-order valence-electron chi connectivity index (χ1n) is 5.05. The molecular formula is C12H14N2O2. The SMILES string of the molecule is CC(C)COc1ccc(C(=O)NC#N)cc1. The average Bonchev–Trinajstić information content (AvgIpc) is 2.27. The van der Waals surface area contributed by atoms with E-state index < -0.39 is 5.91 Å². The van der Waals surface area contributed by atoms with Crippen LogP contribution in [0.4, 0.5) is 0 Å². The highest BCUT2D eigenvalue weighted by Gasteiger charge is 2.04. The number of hydrogen-bond acceptors (Lipinski definition) is 3. The molecule has 0 bridgehead atoms. The first kappa shape index (κ1) is 12.1. The van der Waals surface area contributed by atoms with Crippen LogP contribution in [0.15, 0.2) is 24.3 Å². The van der Waals surface area contributed by atoms with Gasteiger partial charge in [-0.05, 0) is 30.2 Å². The van der Waals surface area contributed by atoms with Gasteiger partial charge in [-0.25, -0.2) is 0 Å². The fraction of sp³-hybridized carbons (Fsp3) is 0.333. The number of nitrogens with one attached hydrogen (secondary N) is 1. The molecule has 4 nitrogen and oxygen atoms in total. The van der Waals surface area contributed by atoms with Crippen LogP contribution in [0, 0.1) is 17.4 Å². The Morgan fingerprint density at radius 3 is 2.56 bits per heavy atom. The van der Waals surface area contributed by atoms with Gasteiger partial charge in [0, 0.05) is 5.56 Å². The van der Waals surface area contributed by atoms with Gasteiger partial charge >= 0.3 is 0 Å². The molecule has 0 heterocycles. The van der Waals surface area contributed by atoms with E-state index in [1.54, 1.807) is 30.5 Å². The number of rotatable bonds is 4. The average molecular weight is 218 g/mol. The largest absolute Gasteiger partial charge is 0.493 e. The molecule has 16 heavy (non-hydrogen) atoms. The Morgan fingerprint density at radius 2 is 2.06 bits per heavy atom. The third kappa shape index (κ3) is 3.62. The van der Waals surface area contributed by atoms with Gasteiger partial charge < -0.3 is 4.74 Å². The molecule has 0 fully saturated rings. The van der Waals surface area contributed by atoms with Crippen LogP contribution >= 0.6 is 0 Å². The van der Waals surface area contributed by atoms with E-state index in [0.29, 0.717) is 18.1 Å². The molecule has 0 spiro atoms. The van der Waals surface area contributed by atoms with Crippen molar-refractivity contribution < 1.29 is 9.53 Å². The van der Waals surface area contributed by atoms with Crippen molar-refractivity contribution in [2.75, 3.05) is 6.61 Å².